The van der Waals surface area contributed by atoms with Crippen LogP contribution in [0.25, 0.3) is 27.9 Å². The predicted octanol–water partition coefficient (Wildman–Crippen LogP) is 4.99. The van der Waals surface area contributed by atoms with Crippen LogP contribution in [-0.4, -0.2) is 32.3 Å². The van der Waals surface area contributed by atoms with Crippen LogP contribution in [0.15, 0.2) is 53.5 Å². The van der Waals surface area contributed by atoms with Crippen LogP contribution in [0.5, 0.6) is 5.75 Å². The third-order valence-corrected chi connectivity index (χ3v) is 6.42. The van der Waals surface area contributed by atoms with Crippen molar-refractivity contribution in [1.82, 2.24) is 14.1 Å². The summed E-state index contributed by atoms with van der Waals surface area (Å²) in [5.74, 6) is 0.274. The number of nitrogens with zero attached hydrogens (tertiary/aromatic N) is 4. The Kier molecular flexibility index (Phi) is 5.76. The first-order valence-corrected chi connectivity index (χ1v) is 11.4. The molecule has 6 nitrogen and oxygen atoms in total. The molecular formula is C26H22ClFN4O2. The Morgan fingerprint density at radius 2 is 1.71 bits per heavy atom. The lowest BCUT2D eigenvalue weighted by molar-refractivity contribution is 0.477. The third kappa shape index (κ3) is 4.02. The third-order valence-electron chi connectivity index (χ3n) is 6.12. The zero-order valence-corrected chi connectivity index (χ0v) is 19.3. The summed E-state index contributed by atoms with van der Waals surface area (Å²) in [6, 6.07) is 11.1. The molecule has 34 heavy (non-hydrogen) atoms. The van der Waals surface area contributed by atoms with Gasteiger partial charge in [0, 0.05) is 49.9 Å². The quantitative estimate of drug-likeness (QED) is 0.450. The molecule has 0 unspecified atom stereocenters. The lowest BCUT2D eigenvalue weighted by atomic mass is 9.97. The number of piperidine rings is 1. The molecule has 0 aliphatic carbocycles. The van der Waals surface area contributed by atoms with E-state index in [0.717, 1.165) is 31.7 Å². The molecular weight excluding hydrogens is 455 g/mol. The lowest BCUT2D eigenvalue weighted by Gasteiger charge is -2.28. The van der Waals surface area contributed by atoms with E-state index in [1.165, 1.54) is 27.7 Å². The van der Waals surface area contributed by atoms with Gasteiger partial charge in [0.1, 0.15) is 17.4 Å². The molecule has 1 fully saturated rings. The van der Waals surface area contributed by atoms with E-state index in [-0.39, 0.29) is 16.5 Å². The molecule has 1 aliphatic heterocycles. The van der Waals surface area contributed by atoms with Crippen LogP contribution < -0.4 is 10.6 Å². The largest absolute Gasteiger partial charge is 0.507 e. The number of aromatic nitrogens is 3. The Hall–Kier alpha value is -3.76. The summed E-state index contributed by atoms with van der Waals surface area (Å²) in [6.45, 7) is 1.86. The predicted molar refractivity (Wildman–Crippen MR) is 130 cm³/mol. The van der Waals surface area contributed by atoms with Crippen LogP contribution in [-0.2, 0) is 7.05 Å². The molecule has 3 heterocycles. The van der Waals surface area contributed by atoms with Crippen LogP contribution in [0.3, 0.4) is 0 Å². The van der Waals surface area contributed by atoms with E-state index < -0.39 is 5.82 Å². The van der Waals surface area contributed by atoms with E-state index in [1.807, 2.05) is 6.07 Å². The van der Waals surface area contributed by atoms with Crippen LogP contribution in [0.1, 0.15) is 19.3 Å². The zero-order chi connectivity index (χ0) is 23.8. The summed E-state index contributed by atoms with van der Waals surface area (Å²) in [7, 11) is 1.57. The molecule has 5 rings (SSSR count). The number of halogens is 2. The Morgan fingerprint density at radius 1 is 1.00 bits per heavy atom. The van der Waals surface area contributed by atoms with Gasteiger partial charge in [0.25, 0.3) is 0 Å². The second kappa shape index (κ2) is 8.88. The lowest BCUT2D eigenvalue weighted by Crippen LogP contribution is -2.30. The molecule has 1 N–H and O–H groups in total. The summed E-state index contributed by atoms with van der Waals surface area (Å²) in [5.41, 5.74) is 1.95. The summed E-state index contributed by atoms with van der Waals surface area (Å²) in [4.78, 5) is 18.9. The van der Waals surface area contributed by atoms with Gasteiger partial charge in [0.2, 0.25) is 0 Å². The van der Waals surface area contributed by atoms with Crippen molar-refractivity contribution in [3.8, 4) is 33.7 Å². The normalized spacial score (nSPS) is 13.7. The number of rotatable bonds is 4. The standard InChI is InChI=1S/C26H22ClFN4O2/c1-30-11-12-32(26(30)34)23-6-5-17(13-22(23)27)20-15-19(28)16-21(25(20)33)18-7-8-29-24(14-18)31-9-3-2-4-10-31/h5-8,13-16,33H,2-4,9-10H2,1H3. The highest BCUT2D eigenvalue weighted by Crippen LogP contribution is 2.41. The molecule has 1 saturated heterocycles. The minimum atomic E-state index is -0.485. The van der Waals surface area contributed by atoms with Gasteiger partial charge in [0.05, 0.1) is 10.7 Å². The van der Waals surface area contributed by atoms with Crippen molar-refractivity contribution in [3.63, 3.8) is 0 Å². The summed E-state index contributed by atoms with van der Waals surface area (Å²) < 4.78 is 17.2. The van der Waals surface area contributed by atoms with Crippen molar-refractivity contribution in [2.75, 3.05) is 18.0 Å². The van der Waals surface area contributed by atoms with E-state index in [0.29, 0.717) is 27.9 Å². The average Bonchev–Trinajstić information content (AvgIpc) is 3.18. The first kappa shape index (κ1) is 22.1. The maximum Gasteiger partial charge on any atom is 0.347 e. The van der Waals surface area contributed by atoms with E-state index in [1.54, 1.807) is 37.5 Å². The van der Waals surface area contributed by atoms with Gasteiger partial charge in [-0.3, -0.25) is 4.57 Å². The molecule has 172 valence electrons. The summed E-state index contributed by atoms with van der Waals surface area (Å²) in [5, 5.41) is 11.4. The van der Waals surface area contributed by atoms with Gasteiger partial charge in [-0.1, -0.05) is 17.7 Å². The van der Waals surface area contributed by atoms with Crippen molar-refractivity contribution < 1.29 is 9.50 Å². The maximum absolute atomic E-state index is 14.7. The van der Waals surface area contributed by atoms with E-state index in [9.17, 15) is 14.3 Å². The minimum Gasteiger partial charge on any atom is -0.507 e. The first-order valence-electron chi connectivity index (χ1n) is 11.1. The topological polar surface area (TPSA) is 63.3 Å². The highest BCUT2D eigenvalue weighted by Gasteiger charge is 2.18. The fourth-order valence-electron chi connectivity index (χ4n) is 4.31. The van der Waals surface area contributed by atoms with Gasteiger partial charge < -0.3 is 10.0 Å². The monoisotopic (exact) mass is 476 g/mol. The van der Waals surface area contributed by atoms with Crippen molar-refractivity contribution in [2.24, 2.45) is 7.05 Å². The van der Waals surface area contributed by atoms with Crippen molar-refractivity contribution in [3.05, 3.63) is 82.4 Å². The van der Waals surface area contributed by atoms with Crippen molar-refractivity contribution in [1.29, 1.82) is 0 Å². The molecule has 1 aliphatic rings. The minimum absolute atomic E-state index is 0.0576. The number of hydrogen-bond donors (Lipinski definition) is 1. The fourth-order valence-corrected chi connectivity index (χ4v) is 4.58. The molecule has 0 bridgehead atoms. The molecule has 0 radical (unpaired) electrons. The Bertz CT molecular complexity index is 1420. The van der Waals surface area contributed by atoms with Gasteiger partial charge in [-0.15, -0.1) is 0 Å². The maximum atomic E-state index is 14.7. The smallest absolute Gasteiger partial charge is 0.347 e. The SMILES string of the molecule is Cn1c#cn(-c2ccc(-c3cc(F)cc(-c4ccnc(N5CCCCC5)c4)c3O)cc2Cl)c1=O. The van der Waals surface area contributed by atoms with E-state index in [4.69, 9.17) is 11.6 Å². The molecule has 0 amide bonds. The zero-order valence-electron chi connectivity index (χ0n) is 18.6. The van der Waals surface area contributed by atoms with E-state index in [2.05, 4.69) is 22.3 Å². The number of phenolic OH excluding ortho intramolecular Hbond substituents is 1. The molecule has 0 spiro atoms. The highest BCUT2D eigenvalue weighted by atomic mass is 35.5. The molecule has 8 heteroatoms. The Labute approximate surface area is 201 Å². The van der Waals surface area contributed by atoms with Gasteiger partial charge in [-0.2, -0.15) is 0 Å². The van der Waals surface area contributed by atoms with Crippen molar-refractivity contribution >= 4 is 17.4 Å². The number of pyridine rings is 1. The number of benzene rings is 2. The first-order chi connectivity index (χ1) is 16.4. The number of hydrogen-bond acceptors (Lipinski definition) is 4. The number of aromatic hydroxyl groups is 1. The fraction of sp³-hybridized carbons (Fsp3) is 0.231. The Morgan fingerprint density at radius 3 is 2.35 bits per heavy atom. The molecule has 2 aromatic carbocycles. The summed E-state index contributed by atoms with van der Waals surface area (Å²) in [6.07, 6.45) is 10.5. The second-order valence-electron chi connectivity index (χ2n) is 8.37. The molecule has 4 aromatic rings. The second-order valence-corrected chi connectivity index (χ2v) is 8.77. The average molecular weight is 477 g/mol. The van der Waals surface area contributed by atoms with Crippen LogP contribution in [0.2, 0.25) is 5.02 Å². The molecule has 0 atom stereocenters. The molecule has 0 saturated carbocycles. The van der Waals surface area contributed by atoms with Gasteiger partial charge in [0.15, 0.2) is 0 Å². The van der Waals surface area contributed by atoms with Crippen LogP contribution in [0.4, 0.5) is 10.2 Å². The van der Waals surface area contributed by atoms with Crippen LogP contribution >= 0.6 is 11.6 Å². The van der Waals surface area contributed by atoms with E-state index >= 15 is 0 Å². The van der Waals surface area contributed by atoms with Gasteiger partial charge in [-0.05, 0) is 66.8 Å². The number of phenols is 1. The van der Waals surface area contributed by atoms with Crippen molar-refractivity contribution in [2.45, 2.75) is 19.3 Å². The van der Waals surface area contributed by atoms with Crippen LogP contribution in [0, 0.1) is 18.2 Å². The van der Waals surface area contributed by atoms with Gasteiger partial charge in [-0.25, -0.2) is 18.7 Å². The Balaban J connectivity index is 1.55. The number of anilines is 1. The molecule has 2 aromatic heterocycles. The highest BCUT2D eigenvalue weighted by molar-refractivity contribution is 6.32. The van der Waals surface area contributed by atoms with Gasteiger partial charge >= 0.3 is 5.69 Å². The summed E-state index contributed by atoms with van der Waals surface area (Å²) >= 11 is 6.46.